The Hall–Kier alpha value is -2.14. The molecular weight excluding hydrogens is 258 g/mol. The summed E-state index contributed by atoms with van der Waals surface area (Å²) in [5, 5.41) is 11.6. The lowest BCUT2D eigenvalue weighted by Crippen LogP contribution is -2.43. The Kier molecular flexibility index (Phi) is 6.46. The lowest BCUT2D eigenvalue weighted by molar-refractivity contribution is -0.144. The zero-order chi connectivity index (χ0) is 15.0. The molecule has 0 saturated carbocycles. The number of hydrogen-bond acceptors (Lipinski definition) is 3. The Bertz CT molecular complexity index is 458. The molecule has 5 heteroatoms. The summed E-state index contributed by atoms with van der Waals surface area (Å²) in [5.74, 6) is -1.53. The molecule has 1 aromatic rings. The molecule has 20 heavy (non-hydrogen) atoms. The van der Waals surface area contributed by atoms with E-state index in [1.165, 1.54) is 7.11 Å². The second kappa shape index (κ2) is 8.12. The topological polar surface area (TPSA) is 75.6 Å². The van der Waals surface area contributed by atoms with E-state index in [0.717, 1.165) is 0 Å². The minimum absolute atomic E-state index is 0.301. The van der Waals surface area contributed by atoms with E-state index in [9.17, 15) is 9.59 Å². The predicted molar refractivity (Wildman–Crippen MR) is 75.2 cm³/mol. The highest BCUT2D eigenvalue weighted by molar-refractivity contribution is 5.87. The maximum atomic E-state index is 12.1. The van der Waals surface area contributed by atoms with Crippen LogP contribution in [0.15, 0.2) is 43.0 Å². The molecule has 1 aromatic carbocycles. The molecule has 2 N–H and O–H groups in total. The van der Waals surface area contributed by atoms with Gasteiger partial charge in [0.15, 0.2) is 6.10 Å². The van der Waals surface area contributed by atoms with Crippen molar-refractivity contribution in [3.63, 3.8) is 0 Å². The lowest BCUT2D eigenvalue weighted by Gasteiger charge is -2.19. The third kappa shape index (κ3) is 4.51. The van der Waals surface area contributed by atoms with E-state index < -0.39 is 24.0 Å². The van der Waals surface area contributed by atoms with Gasteiger partial charge < -0.3 is 15.2 Å². The van der Waals surface area contributed by atoms with E-state index >= 15 is 0 Å². The van der Waals surface area contributed by atoms with Gasteiger partial charge in [0, 0.05) is 7.11 Å². The van der Waals surface area contributed by atoms with Gasteiger partial charge in [0.1, 0.15) is 6.04 Å². The van der Waals surface area contributed by atoms with E-state index in [4.69, 9.17) is 9.84 Å². The molecule has 0 aliphatic heterocycles. The first-order valence-electron chi connectivity index (χ1n) is 6.32. The number of methoxy groups -OCH3 is 1. The summed E-state index contributed by atoms with van der Waals surface area (Å²) < 4.78 is 5.16. The fourth-order valence-corrected chi connectivity index (χ4v) is 1.81. The Morgan fingerprint density at radius 1 is 1.40 bits per heavy atom. The molecule has 0 aliphatic rings. The number of nitrogens with one attached hydrogen (secondary N) is 1. The van der Waals surface area contributed by atoms with Gasteiger partial charge in [-0.15, -0.1) is 6.58 Å². The summed E-state index contributed by atoms with van der Waals surface area (Å²) >= 11 is 0. The number of rotatable bonds is 8. The minimum Gasteiger partial charge on any atom is -0.480 e. The molecule has 0 unspecified atom stereocenters. The highest BCUT2D eigenvalue weighted by Gasteiger charge is 2.25. The van der Waals surface area contributed by atoms with Gasteiger partial charge in [0.2, 0.25) is 0 Å². The number of allylic oxidation sites excluding steroid dienone is 1. The summed E-state index contributed by atoms with van der Waals surface area (Å²) in [6, 6.07) is 7.99. The third-order valence-electron chi connectivity index (χ3n) is 2.85. The van der Waals surface area contributed by atoms with Crippen molar-refractivity contribution in [3.8, 4) is 0 Å². The zero-order valence-electron chi connectivity index (χ0n) is 11.4. The number of carboxylic acid groups (broad SMARTS) is 1. The average molecular weight is 277 g/mol. The minimum atomic E-state index is -1.07. The van der Waals surface area contributed by atoms with E-state index in [1.54, 1.807) is 30.3 Å². The van der Waals surface area contributed by atoms with Crippen molar-refractivity contribution in [2.45, 2.75) is 25.0 Å². The fourth-order valence-electron chi connectivity index (χ4n) is 1.81. The van der Waals surface area contributed by atoms with Gasteiger partial charge in [-0.1, -0.05) is 36.4 Å². The van der Waals surface area contributed by atoms with Crippen LogP contribution in [0.1, 0.15) is 24.5 Å². The summed E-state index contributed by atoms with van der Waals surface area (Å²) in [4.78, 5) is 23.2. The normalized spacial score (nSPS) is 13.2. The van der Waals surface area contributed by atoms with Gasteiger partial charge in [-0.05, 0) is 18.4 Å². The highest BCUT2D eigenvalue weighted by atomic mass is 16.5. The highest BCUT2D eigenvalue weighted by Crippen LogP contribution is 2.16. The molecule has 108 valence electrons. The molecule has 0 radical (unpaired) electrons. The predicted octanol–water partition coefficient (Wildman–Crippen LogP) is 1.91. The average Bonchev–Trinajstić information content (AvgIpc) is 2.45. The molecule has 0 spiro atoms. The smallest absolute Gasteiger partial charge is 0.326 e. The van der Waals surface area contributed by atoms with Crippen LogP contribution >= 0.6 is 0 Å². The Morgan fingerprint density at radius 3 is 2.55 bits per heavy atom. The molecular formula is C15H19NO4. The van der Waals surface area contributed by atoms with Crippen LogP contribution in [0, 0.1) is 0 Å². The number of amides is 1. The van der Waals surface area contributed by atoms with Crippen LogP contribution in [0.25, 0.3) is 0 Å². The van der Waals surface area contributed by atoms with Gasteiger partial charge >= 0.3 is 5.97 Å². The monoisotopic (exact) mass is 277 g/mol. The molecule has 0 saturated heterocycles. The molecule has 0 heterocycles. The van der Waals surface area contributed by atoms with Crippen LogP contribution in [0.4, 0.5) is 0 Å². The lowest BCUT2D eigenvalue weighted by atomic mass is 10.1. The van der Waals surface area contributed by atoms with E-state index in [1.807, 2.05) is 6.07 Å². The van der Waals surface area contributed by atoms with Crippen LogP contribution in [-0.2, 0) is 14.3 Å². The number of carbonyl (C=O) groups excluding carboxylic acids is 1. The number of carboxylic acids is 1. The summed E-state index contributed by atoms with van der Waals surface area (Å²) in [6.45, 7) is 3.54. The maximum Gasteiger partial charge on any atom is 0.326 e. The summed E-state index contributed by atoms with van der Waals surface area (Å²) in [6.07, 6.45) is 1.62. The van der Waals surface area contributed by atoms with Crippen molar-refractivity contribution in [1.82, 2.24) is 5.32 Å². The first-order chi connectivity index (χ1) is 9.60. The SMILES string of the molecule is C=CCC[C@@H](NC(=O)[C@@H](OC)c1ccccc1)C(=O)O. The van der Waals surface area contributed by atoms with Crippen molar-refractivity contribution >= 4 is 11.9 Å². The molecule has 0 bridgehead atoms. The van der Waals surface area contributed by atoms with Crippen LogP contribution in [0.2, 0.25) is 0 Å². The second-order valence-electron chi connectivity index (χ2n) is 4.29. The molecule has 1 amide bonds. The Balaban J connectivity index is 2.75. The molecule has 5 nitrogen and oxygen atoms in total. The number of carbonyl (C=O) groups is 2. The zero-order valence-corrected chi connectivity index (χ0v) is 11.4. The van der Waals surface area contributed by atoms with Crippen molar-refractivity contribution in [2.24, 2.45) is 0 Å². The van der Waals surface area contributed by atoms with Crippen LogP contribution in [-0.4, -0.2) is 30.1 Å². The number of ether oxygens (including phenoxy) is 1. The number of benzene rings is 1. The van der Waals surface area contributed by atoms with Crippen molar-refractivity contribution < 1.29 is 19.4 Å². The first kappa shape index (κ1) is 15.9. The van der Waals surface area contributed by atoms with Gasteiger partial charge in [-0.25, -0.2) is 4.79 Å². The third-order valence-corrected chi connectivity index (χ3v) is 2.85. The molecule has 0 aliphatic carbocycles. The van der Waals surface area contributed by atoms with Crippen molar-refractivity contribution in [2.75, 3.05) is 7.11 Å². The van der Waals surface area contributed by atoms with Gasteiger partial charge in [-0.3, -0.25) is 4.79 Å². The van der Waals surface area contributed by atoms with Gasteiger partial charge in [0.05, 0.1) is 0 Å². The standard InChI is InChI=1S/C15H19NO4/c1-3-4-10-12(15(18)19)16-14(17)13(20-2)11-8-6-5-7-9-11/h3,5-9,12-13H,1,4,10H2,2H3,(H,16,17)(H,18,19)/t12-,13+/m1/s1. The first-order valence-corrected chi connectivity index (χ1v) is 6.32. The molecule has 0 fully saturated rings. The fraction of sp³-hybridized carbons (Fsp3) is 0.333. The Morgan fingerprint density at radius 2 is 2.05 bits per heavy atom. The molecule has 1 rings (SSSR count). The molecule has 0 aromatic heterocycles. The van der Waals surface area contributed by atoms with Gasteiger partial charge in [-0.2, -0.15) is 0 Å². The molecule has 2 atom stereocenters. The van der Waals surface area contributed by atoms with Crippen LogP contribution in [0.5, 0.6) is 0 Å². The second-order valence-corrected chi connectivity index (χ2v) is 4.29. The van der Waals surface area contributed by atoms with Crippen LogP contribution in [0.3, 0.4) is 0 Å². The van der Waals surface area contributed by atoms with Crippen molar-refractivity contribution in [3.05, 3.63) is 48.6 Å². The number of hydrogen-bond donors (Lipinski definition) is 2. The maximum absolute atomic E-state index is 12.1. The van der Waals surface area contributed by atoms with E-state index in [0.29, 0.717) is 18.4 Å². The van der Waals surface area contributed by atoms with Crippen molar-refractivity contribution in [1.29, 1.82) is 0 Å². The van der Waals surface area contributed by atoms with Crippen LogP contribution < -0.4 is 5.32 Å². The van der Waals surface area contributed by atoms with E-state index in [-0.39, 0.29) is 0 Å². The van der Waals surface area contributed by atoms with Gasteiger partial charge in [0.25, 0.3) is 5.91 Å². The Labute approximate surface area is 118 Å². The summed E-state index contributed by atoms with van der Waals surface area (Å²) in [7, 11) is 1.41. The van der Waals surface area contributed by atoms with E-state index in [2.05, 4.69) is 11.9 Å². The number of aliphatic carboxylic acids is 1. The largest absolute Gasteiger partial charge is 0.480 e. The quantitative estimate of drug-likeness (QED) is 0.712. The summed E-state index contributed by atoms with van der Waals surface area (Å²) in [5.41, 5.74) is 0.681.